The molecule has 1 rings (SSSR count). The van der Waals surface area contributed by atoms with E-state index in [0.29, 0.717) is 6.07 Å². The van der Waals surface area contributed by atoms with Crippen molar-refractivity contribution in [3.63, 3.8) is 0 Å². The van der Waals surface area contributed by atoms with E-state index in [1.807, 2.05) is 0 Å². The van der Waals surface area contributed by atoms with Crippen LogP contribution in [0.3, 0.4) is 0 Å². The third kappa shape index (κ3) is 2.84. The lowest BCUT2D eigenvalue weighted by Gasteiger charge is -2.29. The lowest BCUT2D eigenvalue weighted by atomic mass is 10.0. The average Bonchev–Trinajstić information content (AvgIpc) is 2.24. The molecule has 0 aliphatic rings. The van der Waals surface area contributed by atoms with Gasteiger partial charge in [-0.25, -0.2) is 9.18 Å². The minimum absolute atomic E-state index is 0.380. The smallest absolute Gasteiger partial charge is 0.424 e. The molecule has 1 aromatic carbocycles. The Labute approximate surface area is 106 Å². The summed E-state index contributed by atoms with van der Waals surface area (Å²) in [7, 11) is 0. The Morgan fingerprint density at radius 2 is 1.55 bits per heavy atom. The predicted molar refractivity (Wildman–Crippen MR) is 49.1 cm³/mol. The number of aliphatic hydroxyl groups is 1. The molecule has 0 aliphatic heterocycles. The maximum atomic E-state index is 12.7. The van der Waals surface area contributed by atoms with E-state index in [-0.39, 0.29) is 0 Å². The number of hydrogen-bond acceptors (Lipinski definition) is 3. The SMILES string of the molecule is O=C(Oc1cccc(F)c1)C(O)(C(F)(F)F)C(F)(F)F. The number of ether oxygens (including phenoxy) is 1. The number of halogens is 7. The van der Waals surface area contributed by atoms with Gasteiger partial charge in [-0.3, -0.25) is 0 Å². The highest BCUT2D eigenvalue weighted by Crippen LogP contribution is 2.43. The molecule has 10 heteroatoms. The lowest BCUT2D eigenvalue weighted by Crippen LogP contribution is -2.63. The molecule has 0 saturated carbocycles. The highest BCUT2D eigenvalue weighted by atomic mass is 19.4. The Balaban J connectivity index is 3.15. The van der Waals surface area contributed by atoms with E-state index in [1.54, 1.807) is 0 Å². The number of hydrogen-bond donors (Lipinski definition) is 1. The first-order valence-corrected chi connectivity index (χ1v) is 4.73. The molecule has 20 heavy (non-hydrogen) atoms. The quantitative estimate of drug-likeness (QED) is 0.519. The molecule has 0 bridgehead atoms. The molecular formula is C10H5F7O3. The van der Waals surface area contributed by atoms with Crippen molar-refractivity contribution in [2.75, 3.05) is 0 Å². The maximum Gasteiger partial charge on any atom is 0.437 e. The third-order valence-corrected chi connectivity index (χ3v) is 2.12. The molecule has 0 atom stereocenters. The van der Waals surface area contributed by atoms with Gasteiger partial charge in [0.25, 0.3) is 0 Å². The first-order chi connectivity index (χ1) is 8.89. The fraction of sp³-hybridized carbons (Fsp3) is 0.300. The van der Waals surface area contributed by atoms with E-state index in [1.165, 1.54) is 0 Å². The minimum atomic E-state index is -6.35. The third-order valence-electron chi connectivity index (χ3n) is 2.12. The van der Waals surface area contributed by atoms with E-state index >= 15 is 0 Å². The van der Waals surface area contributed by atoms with E-state index in [0.717, 1.165) is 18.2 Å². The van der Waals surface area contributed by atoms with Crippen molar-refractivity contribution in [1.29, 1.82) is 0 Å². The number of benzene rings is 1. The van der Waals surface area contributed by atoms with Gasteiger partial charge in [0, 0.05) is 6.07 Å². The van der Waals surface area contributed by atoms with Crippen LogP contribution in [-0.2, 0) is 4.79 Å². The molecule has 0 unspecified atom stereocenters. The van der Waals surface area contributed by atoms with Gasteiger partial charge in [-0.2, -0.15) is 26.3 Å². The highest BCUT2D eigenvalue weighted by Gasteiger charge is 2.76. The molecule has 0 saturated heterocycles. The standard InChI is InChI=1S/C10H5F7O3/c11-5-2-1-3-6(4-5)20-7(18)8(19,9(12,13)14)10(15,16)17/h1-4,19H. The topological polar surface area (TPSA) is 46.5 Å². The van der Waals surface area contributed by atoms with E-state index < -0.39 is 35.5 Å². The van der Waals surface area contributed by atoms with Crippen LogP contribution in [0.4, 0.5) is 30.7 Å². The van der Waals surface area contributed by atoms with Crippen LogP contribution in [0.1, 0.15) is 0 Å². The Hall–Kier alpha value is -1.84. The first kappa shape index (κ1) is 16.2. The summed E-state index contributed by atoms with van der Waals surface area (Å²) < 4.78 is 90.2. The van der Waals surface area contributed by atoms with Crippen LogP contribution < -0.4 is 4.74 Å². The zero-order valence-corrected chi connectivity index (χ0v) is 9.22. The van der Waals surface area contributed by atoms with Crippen LogP contribution in [0.15, 0.2) is 24.3 Å². The summed E-state index contributed by atoms with van der Waals surface area (Å²) in [5, 5.41) is 8.67. The summed E-state index contributed by atoms with van der Waals surface area (Å²) in [6.45, 7) is 0. The Morgan fingerprint density at radius 1 is 1.05 bits per heavy atom. The predicted octanol–water partition coefficient (Wildman–Crippen LogP) is 2.59. The summed E-state index contributed by atoms with van der Waals surface area (Å²) >= 11 is 0. The van der Waals surface area contributed by atoms with E-state index in [9.17, 15) is 35.5 Å². The fourth-order valence-corrected chi connectivity index (χ4v) is 1.10. The molecule has 0 aliphatic carbocycles. The van der Waals surface area contributed by atoms with Crippen molar-refractivity contribution in [1.82, 2.24) is 0 Å². The summed E-state index contributed by atoms with van der Waals surface area (Å²) in [6.07, 6.45) is -12.7. The van der Waals surface area contributed by atoms with Gasteiger partial charge in [0.2, 0.25) is 0 Å². The number of carbonyl (C=O) groups is 1. The van der Waals surface area contributed by atoms with Gasteiger partial charge < -0.3 is 9.84 Å². The number of rotatable bonds is 2. The largest absolute Gasteiger partial charge is 0.437 e. The second kappa shape index (κ2) is 4.93. The van der Waals surface area contributed by atoms with Crippen molar-refractivity contribution >= 4 is 5.97 Å². The molecule has 112 valence electrons. The fourth-order valence-electron chi connectivity index (χ4n) is 1.10. The van der Waals surface area contributed by atoms with Crippen molar-refractivity contribution < 1.29 is 45.4 Å². The summed E-state index contributed by atoms with van der Waals surface area (Å²) in [6, 6.07) is 2.83. The number of alkyl halides is 6. The molecule has 0 aromatic heterocycles. The lowest BCUT2D eigenvalue weighted by molar-refractivity contribution is -0.354. The van der Waals surface area contributed by atoms with Crippen LogP contribution in [0.2, 0.25) is 0 Å². The summed E-state index contributed by atoms with van der Waals surface area (Å²) in [5.41, 5.74) is -5.70. The molecule has 1 N–H and O–H groups in total. The average molecular weight is 306 g/mol. The van der Waals surface area contributed by atoms with Gasteiger partial charge in [-0.15, -0.1) is 0 Å². The van der Waals surface area contributed by atoms with Gasteiger partial charge in [-0.05, 0) is 12.1 Å². The van der Waals surface area contributed by atoms with Gasteiger partial charge in [-0.1, -0.05) is 6.07 Å². The molecule has 3 nitrogen and oxygen atoms in total. The Morgan fingerprint density at radius 3 is 1.95 bits per heavy atom. The van der Waals surface area contributed by atoms with Crippen molar-refractivity contribution in [2.24, 2.45) is 0 Å². The highest BCUT2D eigenvalue weighted by molar-refractivity contribution is 5.83. The molecule has 1 aromatic rings. The van der Waals surface area contributed by atoms with Crippen LogP contribution in [-0.4, -0.2) is 29.0 Å². The molecule has 0 heterocycles. The zero-order valence-electron chi connectivity index (χ0n) is 9.22. The normalized spacial score (nSPS) is 13.2. The van der Waals surface area contributed by atoms with Crippen molar-refractivity contribution in [3.8, 4) is 5.75 Å². The van der Waals surface area contributed by atoms with E-state index in [4.69, 9.17) is 5.11 Å². The van der Waals surface area contributed by atoms with Gasteiger partial charge in [0.05, 0.1) is 0 Å². The Bertz CT molecular complexity index is 492. The number of esters is 1. The van der Waals surface area contributed by atoms with Crippen molar-refractivity contribution in [3.05, 3.63) is 30.1 Å². The molecular weight excluding hydrogens is 301 g/mol. The minimum Gasteiger partial charge on any atom is -0.424 e. The molecule has 0 amide bonds. The summed E-state index contributed by atoms with van der Waals surface area (Å²) in [5.74, 6) is -5.00. The summed E-state index contributed by atoms with van der Waals surface area (Å²) in [4.78, 5) is 11.0. The number of carbonyl (C=O) groups excluding carboxylic acids is 1. The van der Waals surface area contributed by atoms with E-state index in [2.05, 4.69) is 4.74 Å². The van der Waals surface area contributed by atoms with Gasteiger partial charge >= 0.3 is 23.9 Å². The van der Waals surface area contributed by atoms with Gasteiger partial charge in [0.15, 0.2) is 0 Å². The maximum absolute atomic E-state index is 12.7. The molecule has 0 spiro atoms. The van der Waals surface area contributed by atoms with Crippen LogP contribution >= 0.6 is 0 Å². The first-order valence-electron chi connectivity index (χ1n) is 4.73. The zero-order chi connectivity index (χ0) is 15.8. The molecule has 0 fully saturated rings. The van der Waals surface area contributed by atoms with Gasteiger partial charge in [0.1, 0.15) is 11.6 Å². The van der Waals surface area contributed by atoms with Crippen LogP contribution in [0.25, 0.3) is 0 Å². The van der Waals surface area contributed by atoms with Crippen molar-refractivity contribution in [2.45, 2.75) is 18.0 Å². The van der Waals surface area contributed by atoms with Crippen LogP contribution in [0.5, 0.6) is 5.75 Å². The van der Waals surface area contributed by atoms with Crippen LogP contribution in [0, 0.1) is 5.82 Å². The molecule has 0 radical (unpaired) electrons. The monoisotopic (exact) mass is 306 g/mol. The Kier molecular flexibility index (Phi) is 3.99. The second-order valence-corrected chi connectivity index (χ2v) is 3.55. The second-order valence-electron chi connectivity index (χ2n) is 3.55.